The summed E-state index contributed by atoms with van der Waals surface area (Å²) in [6, 6.07) is 7.34. The summed E-state index contributed by atoms with van der Waals surface area (Å²) in [5, 5.41) is 5.93. The highest BCUT2D eigenvalue weighted by Crippen LogP contribution is 2.14. The molecule has 1 fully saturated rings. The van der Waals surface area contributed by atoms with Gasteiger partial charge in [0, 0.05) is 30.4 Å². The molecule has 0 spiro atoms. The van der Waals surface area contributed by atoms with Crippen molar-refractivity contribution < 1.29 is 14.3 Å². The predicted octanol–water partition coefficient (Wildman–Crippen LogP) is 1.55. The van der Waals surface area contributed by atoms with Gasteiger partial charge in [-0.15, -0.1) is 0 Å². The van der Waals surface area contributed by atoms with E-state index in [9.17, 15) is 9.59 Å². The highest BCUT2D eigenvalue weighted by molar-refractivity contribution is 5.92. The maximum atomic E-state index is 12.0. The van der Waals surface area contributed by atoms with Gasteiger partial charge in [0.15, 0.2) is 0 Å². The Bertz CT molecular complexity index is 508. The van der Waals surface area contributed by atoms with Crippen LogP contribution in [0.15, 0.2) is 24.3 Å². The minimum atomic E-state index is -0.0519. The topological polar surface area (TPSA) is 70.7 Å². The molecule has 6 heteroatoms. The maximum Gasteiger partial charge on any atom is 0.242 e. The van der Waals surface area contributed by atoms with Crippen molar-refractivity contribution in [1.29, 1.82) is 0 Å². The lowest BCUT2D eigenvalue weighted by Crippen LogP contribution is -2.43. The predicted molar refractivity (Wildman–Crippen MR) is 85.8 cm³/mol. The molecule has 1 aliphatic heterocycles. The van der Waals surface area contributed by atoms with Crippen molar-refractivity contribution in [3.63, 3.8) is 0 Å². The van der Waals surface area contributed by atoms with Crippen LogP contribution < -0.4 is 10.6 Å². The minimum Gasteiger partial charge on any atom is -0.378 e. The summed E-state index contributed by atoms with van der Waals surface area (Å²) >= 11 is 0. The van der Waals surface area contributed by atoms with Crippen molar-refractivity contribution in [2.24, 2.45) is 5.92 Å². The van der Waals surface area contributed by atoms with Gasteiger partial charge < -0.3 is 20.3 Å². The summed E-state index contributed by atoms with van der Waals surface area (Å²) in [6.45, 7) is 6.48. The number of anilines is 2. The van der Waals surface area contributed by atoms with Gasteiger partial charge in [0.2, 0.25) is 11.8 Å². The highest BCUT2D eigenvalue weighted by atomic mass is 16.5. The van der Waals surface area contributed by atoms with Gasteiger partial charge in [0.05, 0.1) is 19.8 Å². The molecular formula is C16H23N3O3. The van der Waals surface area contributed by atoms with Crippen LogP contribution in [0.3, 0.4) is 0 Å². The van der Waals surface area contributed by atoms with Crippen LogP contribution in [0.1, 0.15) is 13.8 Å². The third kappa shape index (κ3) is 4.73. The van der Waals surface area contributed by atoms with Gasteiger partial charge in [0.25, 0.3) is 0 Å². The van der Waals surface area contributed by atoms with Gasteiger partial charge in [-0.2, -0.15) is 0 Å². The Hall–Kier alpha value is -2.08. The minimum absolute atomic E-state index is 0.0109. The molecule has 0 aromatic heterocycles. The fraction of sp³-hybridized carbons (Fsp3) is 0.500. The van der Waals surface area contributed by atoms with Crippen LogP contribution in [0.5, 0.6) is 0 Å². The second-order valence-corrected chi connectivity index (χ2v) is 5.57. The molecule has 6 nitrogen and oxygen atoms in total. The molecule has 2 rings (SSSR count). The first kappa shape index (κ1) is 16.3. The number of carbonyl (C=O) groups is 2. The summed E-state index contributed by atoms with van der Waals surface area (Å²) in [7, 11) is 0. The molecule has 1 saturated heterocycles. The molecule has 1 aromatic carbocycles. The van der Waals surface area contributed by atoms with Crippen LogP contribution in [-0.2, 0) is 14.3 Å². The molecule has 2 amide bonds. The molecule has 0 aliphatic carbocycles. The first-order valence-electron chi connectivity index (χ1n) is 7.56. The standard InChI is InChI=1S/C16H23N3O3/c1-12(2)16(21)18-14-5-3-13(4-6-14)17-11-15(20)19-7-9-22-10-8-19/h3-6,12,17H,7-11H2,1-2H3,(H,18,21). The largest absolute Gasteiger partial charge is 0.378 e. The Morgan fingerprint density at radius 1 is 1.14 bits per heavy atom. The zero-order chi connectivity index (χ0) is 15.9. The Morgan fingerprint density at radius 2 is 1.73 bits per heavy atom. The molecular weight excluding hydrogens is 282 g/mol. The number of carbonyl (C=O) groups excluding carboxylic acids is 2. The van der Waals surface area contributed by atoms with Gasteiger partial charge in [-0.3, -0.25) is 9.59 Å². The zero-order valence-electron chi connectivity index (χ0n) is 13.1. The van der Waals surface area contributed by atoms with E-state index in [2.05, 4.69) is 10.6 Å². The molecule has 0 unspecified atom stereocenters. The molecule has 1 heterocycles. The van der Waals surface area contributed by atoms with Crippen molar-refractivity contribution >= 4 is 23.2 Å². The smallest absolute Gasteiger partial charge is 0.242 e. The Labute approximate surface area is 130 Å². The molecule has 1 aromatic rings. The highest BCUT2D eigenvalue weighted by Gasteiger charge is 2.16. The summed E-state index contributed by atoms with van der Waals surface area (Å²) in [6.07, 6.45) is 0. The molecule has 0 saturated carbocycles. The van der Waals surface area contributed by atoms with Crippen LogP contribution >= 0.6 is 0 Å². The number of rotatable bonds is 5. The van der Waals surface area contributed by atoms with Crippen LogP contribution in [0.4, 0.5) is 11.4 Å². The summed E-state index contributed by atoms with van der Waals surface area (Å²) < 4.78 is 5.23. The first-order chi connectivity index (χ1) is 10.6. The summed E-state index contributed by atoms with van der Waals surface area (Å²) in [5.41, 5.74) is 1.60. The van der Waals surface area contributed by atoms with E-state index in [1.807, 2.05) is 38.1 Å². The van der Waals surface area contributed by atoms with E-state index in [4.69, 9.17) is 4.74 Å². The van der Waals surface area contributed by atoms with Crippen molar-refractivity contribution in [2.45, 2.75) is 13.8 Å². The molecule has 0 bridgehead atoms. The number of benzene rings is 1. The quantitative estimate of drug-likeness (QED) is 0.866. The molecule has 120 valence electrons. The number of hydrogen-bond donors (Lipinski definition) is 2. The van der Waals surface area contributed by atoms with E-state index in [-0.39, 0.29) is 24.3 Å². The second kappa shape index (κ2) is 7.79. The van der Waals surface area contributed by atoms with Gasteiger partial charge in [-0.1, -0.05) is 13.8 Å². The van der Waals surface area contributed by atoms with Crippen molar-refractivity contribution in [3.8, 4) is 0 Å². The molecule has 0 atom stereocenters. The van der Waals surface area contributed by atoms with Gasteiger partial charge in [-0.25, -0.2) is 0 Å². The SMILES string of the molecule is CC(C)C(=O)Nc1ccc(NCC(=O)N2CCOCC2)cc1. The third-order valence-corrected chi connectivity index (χ3v) is 3.48. The number of hydrogen-bond acceptors (Lipinski definition) is 4. The van der Waals surface area contributed by atoms with Crippen molar-refractivity contribution in [2.75, 3.05) is 43.5 Å². The van der Waals surface area contributed by atoms with Crippen LogP contribution in [0.25, 0.3) is 0 Å². The number of amides is 2. The van der Waals surface area contributed by atoms with Crippen LogP contribution in [0.2, 0.25) is 0 Å². The summed E-state index contributed by atoms with van der Waals surface area (Å²) in [4.78, 5) is 25.4. The van der Waals surface area contributed by atoms with E-state index < -0.39 is 0 Å². The Balaban J connectivity index is 1.81. The average Bonchev–Trinajstić information content (AvgIpc) is 2.54. The van der Waals surface area contributed by atoms with Crippen LogP contribution in [0, 0.1) is 5.92 Å². The first-order valence-corrected chi connectivity index (χ1v) is 7.56. The number of morpholine rings is 1. The van der Waals surface area contributed by atoms with E-state index >= 15 is 0 Å². The van der Waals surface area contributed by atoms with Crippen molar-refractivity contribution in [1.82, 2.24) is 4.90 Å². The van der Waals surface area contributed by atoms with E-state index in [0.717, 1.165) is 11.4 Å². The zero-order valence-corrected chi connectivity index (χ0v) is 13.1. The number of ether oxygens (including phenoxy) is 1. The van der Waals surface area contributed by atoms with Gasteiger partial charge in [0.1, 0.15) is 0 Å². The lowest BCUT2D eigenvalue weighted by Gasteiger charge is -2.27. The molecule has 2 N–H and O–H groups in total. The normalized spacial score (nSPS) is 14.8. The molecule has 1 aliphatic rings. The summed E-state index contributed by atoms with van der Waals surface area (Å²) in [5.74, 6) is 0.00707. The Morgan fingerprint density at radius 3 is 2.32 bits per heavy atom. The van der Waals surface area contributed by atoms with Crippen LogP contribution in [-0.4, -0.2) is 49.6 Å². The monoisotopic (exact) mass is 305 g/mol. The van der Waals surface area contributed by atoms with Gasteiger partial charge in [-0.05, 0) is 24.3 Å². The maximum absolute atomic E-state index is 12.0. The van der Waals surface area contributed by atoms with Gasteiger partial charge >= 0.3 is 0 Å². The van der Waals surface area contributed by atoms with Crippen molar-refractivity contribution in [3.05, 3.63) is 24.3 Å². The fourth-order valence-electron chi connectivity index (χ4n) is 2.06. The average molecular weight is 305 g/mol. The van der Waals surface area contributed by atoms with E-state index in [0.29, 0.717) is 26.3 Å². The van der Waals surface area contributed by atoms with E-state index in [1.165, 1.54) is 0 Å². The Kier molecular flexibility index (Phi) is 5.77. The third-order valence-electron chi connectivity index (χ3n) is 3.48. The number of nitrogens with zero attached hydrogens (tertiary/aromatic N) is 1. The molecule has 0 radical (unpaired) electrons. The lowest BCUT2D eigenvalue weighted by atomic mass is 10.2. The lowest BCUT2D eigenvalue weighted by molar-refractivity contribution is -0.133. The number of nitrogens with one attached hydrogen (secondary N) is 2. The second-order valence-electron chi connectivity index (χ2n) is 5.57. The van der Waals surface area contributed by atoms with E-state index in [1.54, 1.807) is 4.90 Å². The molecule has 22 heavy (non-hydrogen) atoms. The fourth-order valence-corrected chi connectivity index (χ4v) is 2.06.